The van der Waals surface area contributed by atoms with Crippen molar-refractivity contribution in [1.82, 2.24) is 5.32 Å². The first-order chi connectivity index (χ1) is 9.24. The van der Waals surface area contributed by atoms with Gasteiger partial charge in [0.15, 0.2) is 11.3 Å². The Bertz CT molecular complexity index is 518. The highest BCUT2D eigenvalue weighted by Crippen LogP contribution is 2.28. The molecule has 0 aliphatic carbocycles. The van der Waals surface area contributed by atoms with Gasteiger partial charge in [0.25, 0.3) is 0 Å². The molecule has 0 spiro atoms. The highest BCUT2D eigenvalue weighted by molar-refractivity contribution is 5.83. The molecule has 0 saturated carbocycles. The maximum absolute atomic E-state index is 5.86. The summed E-state index contributed by atoms with van der Waals surface area (Å²) < 4.78 is 11.2. The summed E-state index contributed by atoms with van der Waals surface area (Å²) in [7, 11) is 1.67. The Kier molecular flexibility index (Phi) is 4.86. The van der Waals surface area contributed by atoms with E-state index < -0.39 is 0 Å². The molecular formula is C16H23NO2. The van der Waals surface area contributed by atoms with Crippen molar-refractivity contribution in [2.24, 2.45) is 0 Å². The molecule has 19 heavy (non-hydrogen) atoms. The highest BCUT2D eigenvalue weighted by atomic mass is 16.5. The largest absolute Gasteiger partial charge is 0.493 e. The molecule has 0 bridgehead atoms. The van der Waals surface area contributed by atoms with E-state index in [9.17, 15) is 0 Å². The second kappa shape index (κ2) is 6.62. The number of methoxy groups -OCH3 is 1. The van der Waals surface area contributed by atoms with E-state index in [1.165, 1.54) is 19.3 Å². The number of fused-ring (bicyclic) bond motifs is 1. The molecule has 1 aromatic carbocycles. The molecule has 2 rings (SSSR count). The van der Waals surface area contributed by atoms with Gasteiger partial charge in [-0.2, -0.15) is 0 Å². The fourth-order valence-corrected chi connectivity index (χ4v) is 2.22. The van der Waals surface area contributed by atoms with Gasteiger partial charge in [0.2, 0.25) is 0 Å². The minimum absolute atomic E-state index is 0.523. The Morgan fingerprint density at radius 3 is 2.95 bits per heavy atom. The van der Waals surface area contributed by atoms with E-state index in [2.05, 4.69) is 25.2 Å². The lowest BCUT2D eigenvalue weighted by Gasteiger charge is -2.11. The van der Waals surface area contributed by atoms with E-state index in [0.29, 0.717) is 6.04 Å². The Hall–Kier alpha value is -1.48. The van der Waals surface area contributed by atoms with Crippen LogP contribution in [0.1, 0.15) is 38.9 Å². The molecule has 1 N–H and O–H groups in total. The third kappa shape index (κ3) is 3.51. The average Bonchev–Trinajstić information content (AvgIpc) is 2.85. The fraction of sp³-hybridized carbons (Fsp3) is 0.500. The fourth-order valence-electron chi connectivity index (χ4n) is 2.22. The van der Waals surface area contributed by atoms with Crippen molar-refractivity contribution in [1.29, 1.82) is 0 Å². The van der Waals surface area contributed by atoms with E-state index in [-0.39, 0.29) is 0 Å². The van der Waals surface area contributed by atoms with Gasteiger partial charge in [0.1, 0.15) is 5.76 Å². The number of hydrogen-bond acceptors (Lipinski definition) is 3. The normalized spacial score (nSPS) is 12.8. The monoisotopic (exact) mass is 261 g/mol. The van der Waals surface area contributed by atoms with Gasteiger partial charge >= 0.3 is 0 Å². The molecule has 0 aliphatic rings. The summed E-state index contributed by atoms with van der Waals surface area (Å²) in [6.45, 7) is 5.21. The summed E-state index contributed by atoms with van der Waals surface area (Å²) in [5.74, 6) is 1.76. The molecule has 3 heteroatoms. The third-order valence-electron chi connectivity index (χ3n) is 3.39. The predicted octanol–water partition coefficient (Wildman–Crippen LogP) is 4.11. The lowest BCUT2D eigenvalue weighted by atomic mass is 10.1. The minimum atomic E-state index is 0.523. The van der Waals surface area contributed by atoms with Gasteiger partial charge in [0.05, 0.1) is 13.7 Å². The summed E-state index contributed by atoms with van der Waals surface area (Å²) >= 11 is 0. The second-order valence-electron chi connectivity index (χ2n) is 5.02. The van der Waals surface area contributed by atoms with Crippen molar-refractivity contribution in [3.63, 3.8) is 0 Å². The van der Waals surface area contributed by atoms with Gasteiger partial charge < -0.3 is 14.5 Å². The molecule has 0 saturated heterocycles. The van der Waals surface area contributed by atoms with E-state index in [1.807, 2.05) is 18.2 Å². The molecule has 2 aromatic rings. The van der Waals surface area contributed by atoms with Crippen LogP contribution in [0.3, 0.4) is 0 Å². The number of rotatable bonds is 7. The molecular weight excluding hydrogens is 238 g/mol. The van der Waals surface area contributed by atoms with E-state index in [4.69, 9.17) is 9.15 Å². The van der Waals surface area contributed by atoms with E-state index in [1.54, 1.807) is 7.11 Å². The molecule has 0 fully saturated rings. The molecule has 1 heterocycles. The van der Waals surface area contributed by atoms with Crippen molar-refractivity contribution in [2.45, 2.75) is 45.7 Å². The quantitative estimate of drug-likeness (QED) is 0.814. The summed E-state index contributed by atoms with van der Waals surface area (Å²) in [6.07, 6.45) is 3.72. The van der Waals surface area contributed by atoms with Gasteiger partial charge in [-0.15, -0.1) is 0 Å². The first-order valence-electron chi connectivity index (χ1n) is 7.03. The SMILES string of the molecule is CCCCC(C)NCc1cc2cccc(OC)c2o1. The van der Waals surface area contributed by atoms with Crippen molar-refractivity contribution in [2.75, 3.05) is 7.11 Å². The predicted molar refractivity (Wildman–Crippen MR) is 78.6 cm³/mol. The number of para-hydroxylation sites is 1. The van der Waals surface area contributed by atoms with Crippen LogP contribution in [-0.4, -0.2) is 13.2 Å². The van der Waals surface area contributed by atoms with Crippen LogP contribution >= 0.6 is 0 Å². The average molecular weight is 261 g/mol. The summed E-state index contributed by atoms with van der Waals surface area (Å²) in [6, 6.07) is 8.56. The molecule has 3 nitrogen and oxygen atoms in total. The standard InChI is InChI=1S/C16H23NO2/c1-4-5-7-12(2)17-11-14-10-13-8-6-9-15(18-3)16(13)19-14/h6,8-10,12,17H,4-5,7,11H2,1-3H3. The Balaban J connectivity index is 2.01. The zero-order chi connectivity index (χ0) is 13.7. The molecule has 1 unspecified atom stereocenters. The van der Waals surface area contributed by atoms with Crippen LogP contribution in [0, 0.1) is 0 Å². The number of benzene rings is 1. The summed E-state index contributed by atoms with van der Waals surface area (Å²) in [4.78, 5) is 0. The van der Waals surface area contributed by atoms with Crippen LogP contribution in [0.25, 0.3) is 11.0 Å². The van der Waals surface area contributed by atoms with Crippen LogP contribution in [0.5, 0.6) is 5.75 Å². The molecule has 104 valence electrons. The summed E-state index contributed by atoms with van der Waals surface area (Å²) in [5.41, 5.74) is 0.836. The molecule has 1 aromatic heterocycles. The van der Waals surface area contributed by atoms with Gasteiger partial charge in [-0.25, -0.2) is 0 Å². The molecule has 1 atom stereocenters. The molecule has 0 radical (unpaired) electrons. The smallest absolute Gasteiger partial charge is 0.176 e. The Morgan fingerprint density at radius 1 is 1.37 bits per heavy atom. The van der Waals surface area contributed by atoms with Gasteiger partial charge in [-0.1, -0.05) is 31.9 Å². The number of ether oxygens (including phenoxy) is 1. The number of hydrogen-bond donors (Lipinski definition) is 1. The Morgan fingerprint density at radius 2 is 2.21 bits per heavy atom. The minimum Gasteiger partial charge on any atom is -0.493 e. The van der Waals surface area contributed by atoms with Gasteiger partial charge in [0, 0.05) is 11.4 Å². The first kappa shape index (κ1) is 13.9. The first-order valence-corrected chi connectivity index (χ1v) is 7.03. The van der Waals surface area contributed by atoms with E-state index in [0.717, 1.165) is 29.0 Å². The second-order valence-corrected chi connectivity index (χ2v) is 5.02. The maximum Gasteiger partial charge on any atom is 0.176 e. The number of nitrogens with one attached hydrogen (secondary N) is 1. The van der Waals surface area contributed by atoms with Crippen molar-refractivity contribution >= 4 is 11.0 Å². The van der Waals surface area contributed by atoms with Crippen molar-refractivity contribution in [3.05, 3.63) is 30.0 Å². The van der Waals surface area contributed by atoms with Crippen LogP contribution in [0.4, 0.5) is 0 Å². The number of furan rings is 1. The third-order valence-corrected chi connectivity index (χ3v) is 3.39. The Labute approximate surface area is 114 Å². The van der Waals surface area contributed by atoms with Crippen LogP contribution in [0.2, 0.25) is 0 Å². The lowest BCUT2D eigenvalue weighted by Crippen LogP contribution is -2.24. The van der Waals surface area contributed by atoms with E-state index >= 15 is 0 Å². The summed E-state index contributed by atoms with van der Waals surface area (Å²) in [5, 5.41) is 4.59. The molecule has 0 amide bonds. The topological polar surface area (TPSA) is 34.4 Å². The zero-order valence-electron chi connectivity index (χ0n) is 12.0. The highest BCUT2D eigenvalue weighted by Gasteiger charge is 2.09. The van der Waals surface area contributed by atoms with Gasteiger partial charge in [-0.05, 0) is 25.5 Å². The van der Waals surface area contributed by atoms with Crippen LogP contribution < -0.4 is 10.1 Å². The lowest BCUT2D eigenvalue weighted by molar-refractivity contribution is 0.403. The van der Waals surface area contributed by atoms with Gasteiger partial charge in [-0.3, -0.25) is 0 Å². The van der Waals surface area contributed by atoms with Crippen molar-refractivity contribution < 1.29 is 9.15 Å². The zero-order valence-corrected chi connectivity index (χ0v) is 12.0. The molecule has 0 aliphatic heterocycles. The maximum atomic E-state index is 5.86. The van der Waals surface area contributed by atoms with Crippen LogP contribution in [0.15, 0.2) is 28.7 Å². The van der Waals surface area contributed by atoms with Crippen LogP contribution in [-0.2, 0) is 6.54 Å². The van der Waals surface area contributed by atoms with Crippen molar-refractivity contribution in [3.8, 4) is 5.75 Å². The number of unbranched alkanes of at least 4 members (excludes halogenated alkanes) is 1.